The molecule has 0 bridgehead atoms. The Kier molecular flexibility index (Phi) is 55.1. The van der Waals surface area contributed by atoms with Gasteiger partial charge in [-0.25, -0.2) is 4.57 Å². The van der Waals surface area contributed by atoms with Gasteiger partial charge in [0.2, 0.25) is 5.91 Å². The number of quaternary nitrogens is 1. The fourth-order valence-corrected chi connectivity index (χ4v) is 9.96. The van der Waals surface area contributed by atoms with Crippen LogP contribution in [0.5, 0.6) is 0 Å². The van der Waals surface area contributed by atoms with Crippen LogP contribution in [0.1, 0.15) is 290 Å². The molecule has 0 heterocycles. The number of phosphoric ester groups is 1. The third-order valence-corrected chi connectivity index (χ3v) is 15.1. The molecule has 0 aromatic rings. The van der Waals surface area contributed by atoms with E-state index in [-0.39, 0.29) is 19.1 Å². The minimum Gasteiger partial charge on any atom is -0.387 e. The van der Waals surface area contributed by atoms with E-state index in [9.17, 15) is 19.4 Å². The van der Waals surface area contributed by atoms with Gasteiger partial charge in [-0.15, -0.1) is 0 Å². The Labute approximate surface area is 465 Å². The first kappa shape index (κ1) is 72.9. The number of nitrogens with zero attached hydrogens (tertiary/aromatic N) is 1. The van der Waals surface area contributed by atoms with Crippen LogP contribution in [0.25, 0.3) is 0 Å². The van der Waals surface area contributed by atoms with Gasteiger partial charge in [-0.3, -0.25) is 13.8 Å². The first-order valence-electron chi connectivity index (χ1n) is 31.8. The first-order valence-corrected chi connectivity index (χ1v) is 33.3. The van der Waals surface area contributed by atoms with Gasteiger partial charge in [0.25, 0.3) is 0 Å². The molecule has 0 aliphatic heterocycles. The zero-order valence-corrected chi connectivity index (χ0v) is 50.9. The molecule has 75 heavy (non-hydrogen) atoms. The van der Waals surface area contributed by atoms with Gasteiger partial charge in [0.1, 0.15) is 13.2 Å². The van der Waals surface area contributed by atoms with Crippen molar-refractivity contribution in [2.45, 2.75) is 302 Å². The quantitative estimate of drug-likeness (QED) is 0.0243. The molecule has 3 unspecified atom stereocenters. The number of carbonyl (C=O) groups is 1. The molecule has 0 saturated heterocycles. The molecule has 0 radical (unpaired) electrons. The lowest BCUT2D eigenvalue weighted by Gasteiger charge is -2.25. The third-order valence-electron chi connectivity index (χ3n) is 14.2. The Balaban J connectivity index is 3.98. The number of phosphoric acid groups is 1. The fraction of sp³-hybridized carbons (Fsp3) is 0.803. The van der Waals surface area contributed by atoms with Gasteiger partial charge in [-0.05, 0) is 70.6 Å². The lowest BCUT2D eigenvalue weighted by atomic mass is 10.0. The van der Waals surface area contributed by atoms with Crippen molar-refractivity contribution in [3.63, 3.8) is 0 Å². The van der Waals surface area contributed by atoms with Crippen LogP contribution in [0, 0.1) is 0 Å². The molecule has 0 aromatic heterocycles. The molecule has 0 fully saturated rings. The molecule has 438 valence electrons. The average Bonchev–Trinajstić information content (AvgIpc) is 3.37. The summed E-state index contributed by atoms with van der Waals surface area (Å²) in [6, 6.07) is -0.864. The maximum absolute atomic E-state index is 13.0. The highest BCUT2D eigenvalue weighted by Gasteiger charge is 2.27. The van der Waals surface area contributed by atoms with E-state index in [1.807, 2.05) is 27.2 Å². The van der Waals surface area contributed by atoms with Crippen molar-refractivity contribution in [1.29, 1.82) is 0 Å². The van der Waals surface area contributed by atoms with Crippen LogP contribution in [-0.2, 0) is 18.4 Å². The van der Waals surface area contributed by atoms with E-state index in [2.05, 4.69) is 79.9 Å². The molecule has 0 spiro atoms. The summed E-state index contributed by atoms with van der Waals surface area (Å²) in [6.07, 6.45) is 79.0. The van der Waals surface area contributed by atoms with E-state index in [1.165, 1.54) is 205 Å². The maximum Gasteiger partial charge on any atom is 0.472 e. The number of aliphatic hydroxyl groups is 1. The topological polar surface area (TPSA) is 105 Å². The molecule has 0 saturated carbocycles. The third kappa shape index (κ3) is 59.4. The first-order chi connectivity index (χ1) is 36.5. The largest absolute Gasteiger partial charge is 0.472 e. The molecule has 1 amide bonds. The SMILES string of the molecule is CC/C=C\C/C=C\C/C=C\C/C=C\CCCCCCCCCCCCCCCCCCCCCCCCCCC(=O)NC(COP(=O)(O)OCC[N+](C)(C)C)C(O)/C=C/CC/C=C/CCCCCCCCCCCC. The molecule has 0 aliphatic carbocycles. The van der Waals surface area contributed by atoms with Gasteiger partial charge in [0, 0.05) is 6.42 Å². The number of hydrogen-bond donors (Lipinski definition) is 3. The van der Waals surface area contributed by atoms with E-state index >= 15 is 0 Å². The zero-order valence-electron chi connectivity index (χ0n) is 50.0. The summed E-state index contributed by atoms with van der Waals surface area (Å²) in [5.41, 5.74) is 0. The Morgan fingerprint density at radius 2 is 0.813 bits per heavy atom. The average molecular weight is 1070 g/mol. The van der Waals surface area contributed by atoms with Crippen LogP contribution < -0.4 is 5.32 Å². The van der Waals surface area contributed by atoms with E-state index in [1.54, 1.807) is 6.08 Å². The van der Waals surface area contributed by atoms with Crippen LogP contribution >= 0.6 is 7.82 Å². The van der Waals surface area contributed by atoms with Crippen LogP contribution in [-0.4, -0.2) is 73.4 Å². The van der Waals surface area contributed by atoms with Crippen molar-refractivity contribution in [2.24, 2.45) is 0 Å². The normalized spacial score (nSPS) is 14.3. The van der Waals surface area contributed by atoms with Gasteiger partial charge < -0.3 is 19.8 Å². The monoisotopic (exact) mass is 1070 g/mol. The number of allylic oxidation sites excluding steroid dienone is 11. The minimum atomic E-state index is -4.36. The molecule has 3 atom stereocenters. The molecule has 8 nitrogen and oxygen atoms in total. The number of aliphatic hydroxyl groups excluding tert-OH is 1. The molecule has 9 heteroatoms. The minimum absolute atomic E-state index is 0.0562. The van der Waals surface area contributed by atoms with Crippen LogP contribution in [0.2, 0.25) is 0 Å². The second-order valence-electron chi connectivity index (χ2n) is 22.7. The maximum atomic E-state index is 13.0. The molecule has 0 aliphatic rings. The molecular weight excluding hydrogens is 948 g/mol. The van der Waals surface area contributed by atoms with Gasteiger partial charge in [0.15, 0.2) is 0 Å². The van der Waals surface area contributed by atoms with Crippen molar-refractivity contribution in [3.8, 4) is 0 Å². The van der Waals surface area contributed by atoms with Crippen molar-refractivity contribution in [1.82, 2.24) is 5.32 Å². The Bertz CT molecular complexity index is 1450. The zero-order chi connectivity index (χ0) is 54.9. The Morgan fingerprint density at radius 3 is 1.23 bits per heavy atom. The smallest absolute Gasteiger partial charge is 0.387 e. The summed E-state index contributed by atoms with van der Waals surface area (Å²) >= 11 is 0. The van der Waals surface area contributed by atoms with Crippen molar-refractivity contribution < 1.29 is 32.9 Å². The van der Waals surface area contributed by atoms with Crippen LogP contribution in [0.15, 0.2) is 72.9 Å². The predicted molar refractivity (Wildman–Crippen MR) is 327 cm³/mol. The lowest BCUT2D eigenvalue weighted by molar-refractivity contribution is -0.870. The van der Waals surface area contributed by atoms with E-state index in [0.717, 1.165) is 64.2 Å². The fourth-order valence-electron chi connectivity index (χ4n) is 9.23. The highest BCUT2D eigenvalue weighted by Crippen LogP contribution is 2.43. The molecule has 3 N–H and O–H groups in total. The highest BCUT2D eigenvalue weighted by molar-refractivity contribution is 7.47. The highest BCUT2D eigenvalue weighted by atomic mass is 31.2. The predicted octanol–water partition coefficient (Wildman–Crippen LogP) is 19.8. The van der Waals surface area contributed by atoms with Gasteiger partial charge in [-0.1, -0.05) is 286 Å². The second-order valence-corrected chi connectivity index (χ2v) is 24.2. The van der Waals surface area contributed by atoms with E-state index in [4.69, 9.17) is 9.05 Å². The van der Waals surface area contributed by atoms with Crippen LogP contribution in [0.3, 0.4) is 0 Å². The summed E-state index contributed by atoms with van der Waals surface area (Å²) < 4.78 is 23.7. The molecule has 0 aromatic carbocycles. The summed E-state index contributed by atoms with van der Waals surface area (Å²) in [4.78, 5) is 23.3. The number of amides is 1. The lowest BCUT2D eigenvalue weighted by Crippen LogP contribution is -2.45. The summed E-state index contributed by atoms with van der Waals surface area (Å²) in [6.45, 7) is 4.70. The van der Waals surface area contributed by atoms with E-state index < -0.39 is 20.0 Å². The number of likely N-dealkylation sites (N-methyl/N-ethyl adjacent to an activating group) is 1. The second kappa shape index (κ2) is 56.7. The standard InChI is InChI=1S/C66H123N2O6P/c1-6-8-10-12-14-16-18-20-22-24-25-26-27-28-29-30-31-32-33-34-35-36-37-38-39-40-41-42-43-44-46-48-50-52-54-56-58-60-66(70)67-64(63-74-75(71,72)73-62-61-68(3,4)5)65(69)59-57-55-53-51-49-47-45-23-21-19-17-15-13-11-9-7-2/h8,10,14,16,20,22,25-26,49,51,57,59,64-65,69H,6-7,9,11-13,15,17-19,21,23-24,27-48,50,52-56,58,60-63H2,1-5H3,(H-,67,70,71,72)/p+1/b10-8-,16-14-,22-20-,26-25-,51-49+,59-57+. The Morgan fingerprint density at radius 1 is 0.467 bits per heavy atom. The van der Waals surface area contributed by atoms with Gasteiger partial charge >= 0.3 is 7.82 Å². The summed E-state index contributed by atoms with van der Waals surface area (Å²) in [5.74, 6) is -0.183. The van der Waals surface area contributed by atoms with E-state index in [0.29, 0.717) is 17.4 Å². The van der Waals surface area contributed by atoms with Crippen molar-refractivity contribution >= 4 is 13.7 Å². The van der Waals surface area contributed by atoms with Crippen molar-refractivity contribution in [2.75, 3.05) is 40.9 Å². The van der Waals surface area contributed by atoms with Gasteiger partial charge in [-0.2, -0.15) is 0 Å². The molecule has 0 rings (SSSR count). The van der Waals surface area contributed by atoms with Crippen LogP contribution in [0.4, 0.5) is 0 Å². The molecular formula is C66H124N2O6P+. The van der Waals surface area contributed by atoms with Gasteiger partial charge in [0.05, 0.1) is 39.9 Å². The summed E-state index contributed by atoms with van der Waals surface area (Å²) in [5, 5.41) is 13.9. The Hall–Kier alpha value is -2.06. The number of unbranched alkanes of at least 4 members (excludes halogenated alkanes) is 35. The number of hydrogen-bond acceptors (Lipinski definition) is 5. The van der Waals surface area contributed by atoms with Crippen molar-refractivity contribution in [3.05, 3.63) is 72.9 Å². The number of nitrogens with one attached hydrogen (secondary N) is 1. The number of rotatable bonds is 58. The number of carbonyl (C=O) groups excluding carboxylic acids is 1. The summed E-state index contributed by atoms with van der Waals surface area (Å²) in [7, 11) is 1.56.